The molecule has 0 fully saturated rings. The Morgan fingerprint density at radius 3 is 2.74 bits per heavy atom. The van der Waals surface area contributed by atoms with Gasteiger partial charge in [0.05, 0.1) is 6.61 Å². The number of aliphatic hydroxyl groups is 1. The molecule has 0 aromatic heterocycles. The summed E-state index contributed by atoms with van der Waals surface area (Å²) in [4.78, 5) is 11.7. The van der Waals surface area contributed by atoms with E-state index >= 15 is 0 Å². The van der Waals surface area contributed by atoms with Crippen LogP contribution in [-0.2, 0) is 11.4 Å². The van der Waals surface area contributed by atoms with Crippen molar-refractivity contribution in [3.8, 4) is 5.75 Å². The van der Waals surface area contributed by atoms with Crippen LogP contribution in [-0.4, -0.2) is 23.2 Å². The third-order valence-electron chi connectivity index (χ3n) is 2.93. The van der Waals surface area contributed by atoms with E-state index in [4.69, 9.17) is 9.84 Å². The summed E-state index contributed by atoms with van der Waals surface area (Å²) in [6.45, 7) is 5.13. The Bertz CT molecular complexity index is 446. The van der Waals surface area contributed by atoms with Gasteiger partial charge in [0.2, 0.25) is 0 Å². The molecule has 0 radical (unpaired) electrons. The van der Waals surface area contributed by atoms with E-state index < -0.39 is 5.82 Å². The number of hydrogen-bond donors (Lipinski definition) is 2. The van der Waals surface area contributed by atoms with Gasteiger partial charge in [0.1, 0.15) is 0 Å². The van der Waals surface area contributed by atoms with Gasteiger partial charge in [-0.1, -0.05) is 19.1 Å². The molecule has 1 aromatic rings. The van der Waals surface area contributed by atoms with Crippen molar-refractivity contribution in [3.05, 3.63) is 29.6 Å². The molecule has 0 saturated heterocycles. The van der Waals surface area contributed by atoms with Crippen molar-refractivity contribution in [2.75, 3.05) is 6.61 Å². The maximum atomic E-state index is 13.5. The Kier molecular flexibility index (Phi) is 5.30. The van der Waals surface area contributed by atoms with Crippen LogP contribution in [0.25, 0.3) is 0 Å². The molecule has 0 spiro atoms. The van der Waals surface area contributed by atoms with Crippen molar-refractivity contribution in [1.82, 2.24) is 5.32 Å². The molecular weight excluding hydrogens is 249 g/mol. The minimum atomic E-state index is -0.589. The lowest BCUT2D eigenvalue weighted by molar-refractivity contribution is -0.124. The number of para-hydroxylation sites is 1. The van der Waals surface area contributed by atoms with Crippen LogP contribution in [0.3, 0.4) is 0 Å². The van der Waals surface area contributed by atoms with Crippen LogP contribution in [0.1, 0.15) is 32.8 Å². The van der Waals surface area contributed by atoms with E-state index in [1.54, 1.807) is 6.07 Å². The maximum absolute atomic E-state index is 13.5. The molecule has 0 bridgehead atoms. The first-order chi connectivity index (χ1) is 8.89. The molecule has 4 nitrogen and oxygen atoms in total. The van der Waals surface area contributed by atoms with Gasteiger partial charge >= 0.3 is 0 Å². The number of benzene rings is 1. The summed E-state index contributed by atoms with van der Waals surface area (Å²) in [6.07, 6.45) is 0.778. The Morgan fingerprint density at radius 2 is 2.16 bits per heavy atom. The van der Waals surface area contributed by atoms with Gasteiger partial charge in [-0.05, 0) is 26.3 Å². The standard InChI is InChI=1S/C14H20FNO3/c1-4-14(2,3)16-12(18)9-19-13-10(8-17)6-5-7-11(13)15/h5-7,17H,4,8-9H2,1-3H3,(H,16,18). The number of nitrogens with one attached hydrogen (secondary N) is 1. The highest BCUT2D eigenvalue weighted by Crippen LogP contribution is 2.22. The number of amides is 1. The smallest absolute Gasteiger partial charge is 0.258 e. The lowest BCUT2D eigenvalue weighted by atomic mass is 10.0. The van der Waals surface area contributed by atoms with Crippen LogP contribution in [0.5, 0.6) is 5.75 Å². The van der Waals surface area contributed by atoms with E-state index in [0.717, 1.165) is 6.42 Å². The van der Waals surface area contributed by atoms with Crippen molar-refractivity contribution in [3.63, 3.8) is 0 Å². The van der Waals surface area contributed by atoms with E-state index in [0.29, 0.717) is 5.56 Å². The van der Waals surface area contributed by atoms with Crippen molar-refractivity contribution >= 4 is 5.91 Å². The second kappa shape index (κ2) is 6.52. The van der Waals surface area contributed by atoms with Gasteiger partial charge in [0.15, 0.2) is 18.2 Å². The zero-order chi connectivity index (χ0) is 14.5. The molecule has 106 valence electrons. The quantitative estimate of drug-likeness (QED) is 0.830. The molecule has 0 aliphatic heterocycles. The van der Waals surface area contributed by atoms with Gasteiger partial charge in [0, 0.05) is 11.1 Å². The average molecular weight is 269 g/mol. The Morgan fingerprint density at radius 1 is 1.47 bits per heavy atom. The van der Waals surface area contributed by atoms with E-state index in [1.165, 1.54) is 12.1 Å². The Hall–Kier alpha value is -1.62. The number of aliphatic hydroxyl groups excluding tert-OH is 1. The first-order valence-electron chi connectivity index (χ1n) is 6.21. The zero-order valence-electron chi connectivity index (χ0n) is 11.5. The number of rotatable bonds is 6. The minimum absolute atomic E-state index is 0.0746. The molecule has 1 amide bonds. The summed E-state index contributed by atoms with van der Waals surface area (Å²) in [6, 6.07) is 4.25. The molecular formula is C14H20FNO3. The van der Waals surface area contributed by atoms with Gasteiger partial charge < -0.3 is 15.2 Å². The second-order valence-electron chi connectivity index (χ2n) is 4.96. The Balaban J connectivity index is 2.65. The van der Waals surface area contributed by atoms with Crippen LogP contribution in [0.4, 0.5) is 4.39 Å². The molecule has 2 N–H and O–H groups in total. The van der Waals surface area contributed by atoms with Crippen molar-refractivity contribution in [1.29, 1.82) is 0 Å². The predicted octanol–water partition coefficient (Wildman–Crippen LogP) is 2.00. The topological polar surface area (TPSA) is 58.6 Å². The summed E-state index contributed by atoms with van der Waals surface area (Å²) in [7, 11) is 0. The third-order valence-corrected chi connectivity index (χ3v) is 2.93. The normalized spacial score (nSPS) is 11.2. The van der Waals surface area contributed by atoms with Gasteiger partial charge in [-0.15, -0.1) is 0 Å². The van der Waals surface area contributed by atoms with Crippen LogP contribution >= 0.6 is 0 Å². The molecule has 1 rings (SSSR count). The highest BCUT2D eigenvalue weighted by Gasteiger charge is 2.18. The lowest BCUT2D eigenvalue weighted by Gasteiger charge is -2.24. The fraction of sp³-hybridized carbons (Fsp3) is 0.500. The monoisotopic (exact) mass is 269 g/mol. The molecule has 0 unspecified atom stereocenters. The molecule has 0 aliphatic carbocycles. The molecule has 1 aromatic carbocycles. The maximum Gasteiger partial charge on any atom is 0.258 e. The van der Waals surface area contributed by atoms with Crippen LogP contribution in [0, 0.1) is 5.82 Å². The molecule has 0 aliphatic rings. The first kappa shape index (κ1) is 15.4. The van der Waals surface area contributed by atoms with Crippen molar-refractivity contribution < 1.29 is 19.0 Å². The summed E-state index contributed by atoms with van der Waals surface area (Å²) < 4.78 is 18.7. The lowest BCUT2D eigenvalue weighted by Crippen LogP contribution is -2.45. The van der Waals surface area contributed by atoms with Crippen LogP contribution in [0.15, 0.2) is 18.2 Å². The largest absolute Gasteiger partial charge is 0.480 e. The molecule has 19 heavy (non-hydrogen) atoms. The number of halogens is 1. The summed E-state index contributed by atoms with van der Waals surface area (Å²) in [5.74, 6) is -0.984. The highest BCUT2D eigenvalue weighted by atomic mass is 19.1. The molecule has 0 atom stereocenters. The fourth-order valence-electron chi connectivity index (χ4n) is 1.48. The zero-order valence-corrected chi connectivity index (χ0v) is 11.5. The molecule has 0 heterocycles. The molecule has 5 heteroatoms. The van der Waals surface area contributed by atoms with Gasteiger partial charge in [0.25, 0.3) is 5.91 Å². The Labute approximate surface area is 112 Å². The summed E-state index contributed by atoms with van der Waals surface area (Å²) in [5, 5.41) is 11.9. The molecule has 0 saturated carbocycles. The summed E-state index contributed by atoms with van der Waals surface area (Å²) >= 11 is 0. The summed E-state index contributed by atoms with van der Waals surface area (Å²) in [5.41, 5.74) is -0.00212. The SMILES string of the molecule is CCC(C)(C)NC(=O)COc1c(F)cccc1CO. The first-order valence-corrected chi connectivity index (χ1v) is 6.21. The second-order valence-corrected chi connectivity index (χ2v) is 4.96. The van der Waals surface area contributed by atoms with E-state index in [1.807, 2.05) is 20.8 Å². The van der Waals surface area contributed by atoms with Crippen molar-refractivity contribution in [2.45, 2.75) is 39.3 Å². The third kappa shape index (κ3) is 4.52. The average Bonchev–Trinajstić information content (AvgIpc) is 2.36. The van der Waals surface area contributed by atoms with Gasteiger partial charge in [-0.3, -0.25) is 4.79 Å². The predicted molar refractivity (Wildman–Crippen MR) is 70.3 cm³/mol. The van der Waals surface area contributed by atoms with Gasteiger partial charge in [-0.2, -0.15) is 0 Å². The number of ether oxygens (including phenoxy) is 1. The van der Waals surface area contributed by atoms with Crippen LogP contribution in [0.2, 0.25) is 0 Å². The highest BCUT2D eigenvalue weighted by molar-refractivity contribution is 5.78. The minimum Gasteiger partial charge on any atom is -0.480 e. The van der Waals surface area contributed by atoms with Crippen LogP contribution < -0.4 is 10.1 Å². The fourth-order valence-corrected chi connectivity index (χ4v) is 1.48. The van der Waals surface area contributed by atoms with E-state index in [9.17, 15) is 9.18 Å². The van der Waals surface area contributed by atoms with Crippen molar-refractivity contribution in [2.24, 2.45) is 0 Å². The number of carbonyl (C=O) groups excluding carboxylic acids is 1. The number of hydrogen-bond acceptors (Lipinski definition) is 3. The van der Waals surface area contributed by atoms with E-state index in [2.05, 4.69) is 5.32 Å². The number of carbonyl (C=O) groups is 1. The van der Waals surface area contributed by atoms with E-state index in [-0.39, 0.29) is 30.4 Å². The van der Waals surface area contributed by atoms with Gasteiger partial charge in [-0.25, -0.2) is 4.39 Å².